The first kappa shape index (κ1) is 15.6. The number of fused-ring (bicyclic) bond motifs is 1. The third kappa shape index (κ3) is 3.85. The summed E-state index contributed by atoms with van der Waals surface area (Å²) in [6, 6.07) is 0. The lowest BCUT2D eigenvalue weighted by molar-refractivity contribution is 0.0526. The maximum Gasteiger partial charge on any atom is 0.407 e. The maximum absolute atomic E-state index is 11.6. The number of nitrogens with one attached hydrogen (secondary N) is 1. The summed E-state index contributed by atoms with van der Waals surface area (Å²) in [6.45, 7) is 8.46. The summed E-state index contributed by atoms with van der Waals surface area (Å²) in [5.41, 5.74) is 1.27. The molecule has 2 heterocycles. The molecule has 0 unspecified atom stereocenters. The Morgan fingerprint density at radius 3 is 2.81 bits per heavy atom. The Morgan fingerprint density at radius 2 is 2.14 bits per heavy atom. The Labute approximate surface area is 128 Å². The van der Waals surface area contributed by atoms with E-state index in [1.807, 2.05) is 38.5 Å². The third-order valence-corrected chi connectivity index (χ3v) is 3.10. The van der Waals surface area contributed by atoms with Crippen LogP contribution in [0.1, 0.15) is 26.3 Å². The molecule has 2 rings (SSSR count). The van der Waals surface area contributed by atoms with Gasteiger partial charge in [-0.15, -0.1) is 0 Å². The number of aromatic nitrogens is 3. The van der Waals surface area contributed by atoms with Crippen molar-refractivity contribution in [2.75, 3.05) is 6.54 Å². The van der Waals surface area contributed by atoms with Crippen LogP contribution in [-0.2, 0) is 11.3 Å². The fourth-order valence-corrected chi connectivity index (χ4v) is 2.31. The number of carbonyl (C=O) groups is 1. The van der Waals surface area contributed by atoms with Crippen LogP contribution < -0.4 is 5.32 Å². The van der Waals surface area contributed by atoms with Crippen molar-refractivity contribution in [1.29, 1.82) is 0 Å². The highest BCUT2D eigenvalue weighted by atomic mass is 35.5. The molecule has 0 fully saturated rings. The molecule has 21 heavy (non-hydrogen) atoms. The van der Waals surface area contributed by atoms with Crippen LogP contribution in [0.15, 0.2) is 12.5 Å². The van der Waals surface area contributed by atoms with E-state index in [4.69, 9.17) is 16.3 Å². The molecule has 0 aliphatic heterocycles. The van der Waals surface area contributed by atoms with E-state index in [0.29, 0.717) is 18.2 Å². The van der Waals surface area contributed by atoms with Gasteiger partial charge < -0.3 is 14.6 Å². The van der Waals surface area contributed by atoms with Gasteiger partial charge in [-0.2, -0.15) is 0 Å². The number of halogens is 1. The number of alkyl carbamates (subject to hydrolysis) is 1. The van der Waals surface area contributed by atoms with Gasteiger partial charge in [0.2, 0.25) is 0 Å². The van der Waals surface area contributed by atoms with E-state index in [2.05, 4.69) is 15.3 Å². The van der Waals surface area contributed by atoms with Crippen molar-refractivity contribution < 1.29 is 9.53 Å². The van der Waals surface area contributed by atoms with Gasteiger partial charge in [-0.25, -0.2) is 14.8 Å². The number of rotatable bonds is 3. The van der Waals surface area contributed by atoms with Crippen molar-refractivity contribution in [1.82, 2.24) is 19.9 Å². The zero-order valence-corrected chi connectivity index (χ0v) is 13.4. The quantitative estimate of drug-likeness (QED) is 0.885. The minimum Gasteiger partial charge on any atom is -0.444 e. The van der Waals surface area contributed by atoms with Crippen molar-refractivity contribution in [2.45, 2.75) is 39.8 Å². The van der Waals surface area contributed by atoms with Crippen LogP contribution in [0.25, 0.3) is 11.0 Å². The molecule has 1 N–H and O–H groups in total. The number of aryl methyl sites for hydroxylation is 1. The van der Waals surface area contributed by atoms with Gasteiger partial charge >= 0.3 is 6.09 Å². The highest BCUT2D eigenvalue weighted by molar-refractivity contribution is 6.34. The summed E-state index contributed by atoms with van der Waals surface area (Å²) in [7, 11) is 0. The average molecular weight is 311 g/mol. The lowest BCUT2D eigenvalue weighted by Crippen LogP contribution is -2.34. The van der Waals surface area contributed by atoms with Gasteiger partial charge in [0.1, 0.15) is 22.7 Å². The van der Waals surface area contributed by atoms with E-state index in [9.17, 15) is 4.79 Å². The van der Waals surface area contributed by atoms with Crippen molar-refractivity contribution in [3.05, 3.63) is 23.2 Å². The first-order valence-corrected chi connectivity index (χ1v) is 7.08. The highest BCUT2D eigenvalue weighted by Gasteiger charge is 2.16. The smallest absolute Gasteiger partial charge is 0.407 e. The zero-order valence-electron chi connectivity index (χ0n) is 12.6. The average Bonchev–Trinajstić information content (AvgIpc) is 2.65. The molecule has 0 spiro atoms. The second kappa shape index (κ2) is 5.89. The number of hydrogen-bond donors (Lipinski definition) is 1. The van der Waals surface area contributed by atoms with Crippen molar-refractivity contribution >= 4 is 28.7 Å². The van der Waals surface area contributed by atoms with Gasteiger partial charge in [0.25, 0.3) is 0 Å². The molecule has 2 aromatic rings. The first-order valence-electron chi connectivity index (χ1n) is 6.71. The first-order chi connectivity index (χ1) is 9.78. The second-order valence-electron chi connectivity index (χ2n) is 5.80. The van der Waals surface area contributed by atoms with Gasteiger partial charge in [0.05, 0.1) is 5.39 Å². The van der Waals surface area contributed by atoms with Gasteiger partial charge in [-0.3, -0.25) is 0 Å². The molecule has 0 radical (unpaired) electrons. The Kier molecular flexibility index (Phi) is 4.37. The summed E-state index contributed by atoms with van der Waals surface area (Å²) in [5, 5.41) is 4.00. The molecule has 0 saturated heterocycles. The standard InChI is InChI=1S/C14H19ClN4O2/c1-9-7-19(12-10(9)11(15)17-8-18-12)6-5-16-13(20)21-14(2,3)4/h7-8H,5-6H2,1-4H3,(H,16,20). The van der Waals surface area contributed by atoms with Gasteiger partial charge in [-0.05, 0) is 33.3 Å². The lowest BCUT2D eigenvalue weighted by atomic mass is 10.2. The van der Waals surface area contributed by atoms with E-state index in [-0.39, 0.29) is 0 Å². The van der Waals surface area contributed by atoms with Gasteiger partial charge in [0.15, 0.2) is 0 Å². The molecule has 1 amide bonds. The van der Waals surface area contributed by atoms with E-state index in [1.54, 1.807) is 0 Å². The number of carbonyl (C=O) groups excluding carboxylic acids is 1. The van der Waals surface area contributed by atoms with Gasteiger partial charge in [0, 0.05) is 19.3 Å². The Morgan fingerprint density at radius 1 is 1.43 bits per heavy atom. The summed E-state index contributed by atoms with van der Waals surface area (Å²) in [5.74, 6) is 0. The Hall–Kier alpha value is -1.82. The normalized spacial score (nSPS) is 11.7. The summed E-state index contributed by atoms with van der Waals surface area (Å²) < 4.78 is 7.12. The molecular weight excluding hydrogens is 292 g/mol. The molecule has 0 bridgehead atoms. The van der Waals surface area contributed by atoms with Crippen molar-refractivity contribution in [3.63, 3.8) is 0 Å². The molecule has 0 aliphatic rings. The van der Waals surface area contributed by atoms with Crippen LogP contribution in [0.5, 0.6) is 0 Å². The van der Waals surface area contributed by atoms with Crippen molar-refractivity contribution in [2.24, 2.45) is 0 Å². The monoisotopic (exact) mass is 310 g/mol. The Balaban J connectivity index is 2.02. The summed E-state index contributed by atoms with van der Waals surface area (Å²) >= 11 is 6.08. The van der Waals surface area contributed by atoms with Gasteiger partial charge in [-0.1, -0.05) is 11.6 Å². The number of amides is 1. The van der Waals surface area contributed by atoms with E-state index >= 15 is 0 Å². The van der Waals surface area contributed by atoms with Crippen LogP contribution in [0, 0.1) is 6.92 Å². The van der Waals surface area contributed by atoms with E-state index in [0.717, 1.165) is 16.6 Å². The van der Waals surface area contributed by atoms with Crippen LogP contribution in [0.2, 0.25) is 5.15 Å². The molecule has 0 aromatic carbocycles. The number of hydrogen-bond acceptors (Lipinski definition) is 4. The predicted octanol–water partition coefficient (Wildman–Crippen LogP) is 2.92. The topological polar surface area (TPSA) is 69.0 Å². The highest BCUT2D eigenvalue weighted by Crippen LogP contribution is 2.24. The minimum absolute atomic E-state index is 0.427. The third-order valence-electron chi connectivity index (χ3n) is 2.82. The SMILES string of the molecule is Cc1cn(CCNC(=O)OC(C)(C)C)c2ncnc(Cl)c12. The molecule has 0 aliphatic carbocycles. The summed E-state index contributed by atoms with van der Waals surface area (Å²) in [6.07, 6.45) is 2.95. The molecule has 2 aromatic heterocycles. The zero-order chi connectivity index (χ0) is 15.6. The molecule has 0 atom stereocenters. The van der Waals surface area contributed by atoms with Crippen LogP contribution in [0.4, 0.5) is 4.79 Å². The Bertz CT molecular complexity index is 661. The minimum atomic E-state index is -0.498. The van der Waals surface area contributed by atoms with E-state index < -0.39 is 11.7 Å². The molecule has 0 saturated carbocycles. The molecule has 6 nitrogen and oxygen atoms in total. The summed E-state index contributed by atoms with van der Waals surface area (Å²) in [4.78, 5) is 19.8. The van der Waals surface area contributed by atoms with Crippen LogP contribution in [0.3, 0.4) is 0 Å². The van der Waals surface area contributed by atoms with E-state index in [1.165, 1.54) is 6.33 Å². The van der Waals surface area contributed by atoms with Crippen molar-refractivity contribution in [3.8, 4) is 0 Å². The lowest BCUT2D eigenvalue weighted by Gasteiger charge is -2.19. The molecule has 7 heteroatoms. The fraction of sp³-hybridized carbons (Fsp3) is 0.500. The second-order valence-corrected chi connectivity index (χ2v) is 6.16. The predicted molar refractivity (Wildman–Crippen MR) is 81.5 cm³/mol. The van der Waals surface area contributed by atoms with Crippen LogP contribution >= 0.6 is 11.6 Å². The fourth-order valence-electron chi connectivity index (χ4n) is 2.03. The number of ether oxygens (including phenoxy) is 1. The maximum atomic E-state index is 11.6. The number of nitrogens with zero attached hydrogens (tertiary/aromatic N) is 3. The van der Waals surface area contributed by atoms with Crippen LogP contribution in [-0.4, -0.2) is 32.8 Å². The molecular formula is C14H19ClN4O2. The largest absolute Gasteiger partial charge is 0.444 e. The molecule has 114 valence electrons.